The fourth-order valence-corrected chi connectivity index (χ4v) is 2.40. The number of hydrogen-bond acceptors (Lipinski definition) is 2. The zero-order valence-electron chi connectivity index (χ0n) is 10.1. The Morgan fingerprint density at radius 3 is 2.75 bits per heavy atom. The van der Waals surface area contributed by atoms with Gasteiger partial charge in [0.15, 0.2) is 0 Å². The second-order valence-corrected chi connectivity index (χ2v) is 4.13. The lowest BCUT2D eigenvalue weighted by Gasteiger charge is -2.10. The highest BCUT2D eigenvalue weighted by molar-refractivity contribution is 5.89. The topological polar surface area (TPSA) is 51.0 Å². The average molecular weight is 218 g/mol. The number of hydrogen-bond donors (Lipinski definition) is 2. The Balaban J connectivity index is 2.72. The molecule has 0 atom stereocenters. The summed E-state index contributed by atoms with van der Waals surface area (Å²) in [5.41, 5.74) is 10.4. The predicted molar refractivity (Wildman–Crippen MR) is 67.1 cm³/mol. The van der Waals surface area contributed by atoms with Gasteiger partial charge in [-0.05, 0) is 44.0 Å². The minimum absolute atomic E-state index is 0.669. The van der Waals surface area contributed by atoms with Crippen LogP contribution in [0.15, 0.2) is 12.3 Å². The largest absolute Gasteiger partial charge is 0.496 e. The molecule has 0 fully saturated rings. The molecule has 3 nitrogen and oxygen atoms in total. The van der Waals surface area contributed by atoms with Gasteiger partial charge in [0, 0.05) is 22.7 Å². The molecule has 1 aromatic carbocycles. The van der Waals surface area contributed by atoms with E-state index in [1.165, 1.54) is 22.0 Å². The molecule has 0 saturated heterocycles. The first-order valence-electron chi connectivity index (χ1n) is 5.53. The number of nitrogens with two attached hydrogens (primary N) is 1. The van der Waals surface area contributed by atoms with E-state index < -0.39 is 0 Å². The Kier molecular flexibility index (Phi) is 2.88. The number of aromatic amines is 1. The van der Waals surface area contributed by atoms with Gasteiger partial charge >= 0.3 is 0 Å². The number of nitrogens with one attached hydrogen (secondary N) is 1. The van der Waals surface area contributed by atoms with Crippen molar-refractivity contribution >= 4 is 10.9 Å². The maximum absolute atomic E-state index is 5.62. The van der Waals surface area contributed by atoms with Crippen LogP contribution in [0.5, 0.6) is 5.75 Å². The molecular formula is C13H18N2O. The van der Waals surface area contributed by atoms with Crippen LogP contribution in [-0.4, -0.2) is 18.6 Å². The first kappa shape index (κ1) is 11.0. The highest BCUT2D eigenvalue weighted by atomic mass is 16.5. The first-order valence-corrected chi connectivity index (χ1v) is 5.53. The second kappa shape index (κ2) is 4.18. The van der Waals surface area contributed by atoms with Gasteiger partial charge in [0.2, 0.25) is 0 Å². The third-order valence-corrected chi connectivity index (χ3v) is 3.04. The molecule has 16 heavy (non-hydrogen) atoms. The molecule has 0 aliphatic carbocycles. The van der Waals surface area contributed by atoms with E-state index in [2.05, 4.69) is 24.9 Å². The third kappa shape index (κ3) is 1.57. The minimum atomic E-state index is 0.669. The maximum Gasteiger partial charge on any atom is 0.125 e. The van der Waals surface area contributed by atoms with Crippen molar-refractivity contribution in [3.63, 3.8) is 0 Å². The molecule has 0 spiro atoms. The highest BCUT2D eigenvalue weighted by Crippen LogP contribution is 2.32. The molecule has 2 aromatic rings. The van der Waals surface area contributed by atoms with Crippen LogP contribution in [0.2, 0.25) is 0 Å². The molecule has 0 aliphatic rings. The van der Waals surface area contributed by atoms with E-state index in [1.807, 2.05) is 6.20 Å². The molecule has 0 amide bonds. The third-order valence-electron chi connectivity index (χ3n) is 3.04. The zero-order valence-corrected chi connectivity index (χ0v) is 10.1. The second-order valence-electron chi connectivity index (χ2n) is 4.13. The molecule has 0 saturated carbocycles. The summed E-state index contributed by atoms with van der Waals surface area (Å²) in [5, 5.41) is 1.26. The van der Waals surface area contributed by atoms with E-state index in [1.54, 1.807) is 7.11 Å². The first-order chi connectivity index (χ1) is 7.69. The summed E-state index contributed by atoms with van der Waals surface area (Å²) in [7, 11) is 1.72. The Bertz CT molecular complexity index is 514. The van der Waals surface area contributed by atoms with Gasteiger partial charge in [-0.1, -0.05) is 0 Å². The molecular weight excluding hydrogens is 200 g/mol. The van der Waals surface area contributed by atoms with Crippen LogP contribution < -0.4 is 10.5 Å². The van der Waals surface area contributed by atoms with E-state index in [0.29, 0.717) is 6.54 Å². The number of aryl methyl sites for hydroxylation is 2. The van der Waals surface area contributed by atoms with Crippen molar-refractivity contribution in [2.45, 2.75) is 20.3 Å². The molecule has 86 valence electrons. The van der Waals surface area contributed by atoms with E-state index in [0.717, 1.165) is 17.7 Å². The van der Waals surface area contributed by atoms with E-state index in [-0.39, 0.29) is 0 Å². The van der Waals surface area contributed by atoms with Crippen LogP contribution in [0.1, 0.15) is 16.7 Å². The van der Waals surface area contributed by atoms with Gasteiger partial charge in [0.05, 0.1) is 7.11 Å². The number of benzene rings is 1. The average Bonchev–Trinajstić information content (AvgIpc) is 2.62. The summed E-state index contributed by atoms with van der Waals surface area (Å²) in [5.74, 6) is 0.977. The minimum Gasteiger partial charge on any atom is -0.496 e. The molecule has 3 heteroatoms. The number of H-pyrrole nitrogens is 1. The molecule has 0 radical (unpaired) electrons. The lowest BCUT2D eigenvalue weighted by Crippen LogP contribution is -2.02. The normalized spacial score (nSPS) is 11.0. The Morgan fingerprint density at radius 1 is 1.38 bits per heavy atom. The number of methoxy groups -OCH3 is 1. The van der Waals surface area contributed by atoms with Gasteiger partial charge in [-0.15, -0.1) is 0 Å². The summed E-state index contributed by atoms with van der Waals surface area (Å²) in [6, 6.07) is 2.13. The van der Waals surface area contributed by atoms with Crippen molar-refractivity contribution in [2.24, 2.45) is 5.73 Å². The summed E-state index contributed by atoms with van der Waals surface area (Å²) in [4.78, 5) is 3.29. The lowest BCUT2D eigenvalue weighted by molar-refractivity contribution is 0.409. The van der Waals surface area contributed by atoms with Gasteiger partial charge < -0.3 is 15.5 Å². The van der Waals surface area contributed by atoms with Crippen LogP contribution in [0.3, 0.4) is 0 Å². The lowest BCUT2D eigenvalue weighted by atomic mass is 10.0. The maximum atomic E-state index is 5.62. The van der Waals surface area contributed by atoms with Crippen LogP contribution in [0, 0.1) is 13.8 Å². The van der Waals surface area contributed by atoms with Gasteiger partial charge in [-0.3, -0.25) is 0 Å². The van der Waals surface area contributed by atoms with E-state index in [4.69, 9.17) is 10.5 Å². The zero-order chi connectivity index (χ0) is 11.7. The highest BCUT2D eigenvalue weighted by Gasteiger charge is 2.12. The molecule has 0 unspecified atom stereocenters. The van der Waals surface area contributed by atoms with Gasteiger partial charge in [-0.2, -0.15) is 0 Å². The summed E-state index contributed by atoms with van der Waals surface area (Å²) in [6.07, 6.45) is 2.94. The molecule has 0 bridgehead atoms. The summed E-state index contributed by atoms with van der Waals surface area (Å²) < 4.78 is 5.44. The molecule has 1 aromatic heterocycles. The van der Waals surface area contributed by atoms with Gasteiger partial charge in [0.1, 0.15) is 5.75 Å². The molecule has 2 rings (SSSR count). The van der Waals surface area contributed by atoms with Crippen molar-refractivity contribution in [3.8, 4) is 5.75 Å². The number of rotatable bonds is 3. The van der Waals surface area contributed by atoms with Crippen LogP contribution in [0.4, 0.5) is 0 Å². The van der Waals surface area contributed by atoms with Crippen molar-refractivity contribution in [3.05, 3.63) is 29.0 Å². The van der Waals surface area contributed by atoms with Crippen LogP contribution >= 0.6 is 0 Å². The van der Waals surface area contributed by atoms with Gasteiger partial charge in [-0.25, -0.2) is 0 Å². The number of aromatic nitrogens is 1. The van der Waals surface area contributed by atoms with Crippen molar-refractivity contribution < 1.29 is 4.74 Å². The SMILES string of the molecule is COc1c(C)cc2[nH]cc(CCN)c2c1C. The summed E-state index contributed by atoms with van der Waals surface area (Å²) >= 11 is 0. The van der Waals surface area contributed by atoms with Crippen molar-refractivity contribution in [2.75, 3.05) is 13.7 Å². The number of ether oxygens (including phenoxy) is 1. The van der Waals surface area contributed by atoms with Gasteiger partial charge in [0.25, 0.3) is 0 Å². The smallest absolute Gasteiger partial charge is 0.125 e. The Labute approximate surface area is 95.6 Å². The predicted octanol–water partition coefficient (Wildman–Crippen LogP) is 2.29. The summed E-state index contributed by atoms with van der Waals surface area (Å²) in [6.45, 7) is 4.83. The van der Waals surface area contributed by atoms with E-state index in [9.17, 15) is 0 Å². The monoisotopic (exact) mass is 218 g/mol. The van der Waals surface area contributed by atoms with E-state index >= 15 is 0 Å². The quantitative estimate of drug-likeness (QED) is 0.830. The van der Waals surface area contributed by atoms with Crippen LogP contribution in [-0.2, 0) is 6.42 Å². The van der Waals surface area contributed by atoms with Crippen molar-refractivity contribution in [1.82, 2.24) is 4.98 Å². The Morgan fingerprint density at radius 2 is 2.12 bits per heavy atom. The van der Waals surface area contributed by atoms with Crippen molar-refractivity contribution in [1.29, 1.82) is 0 Å². The van der Waals surface area contributed by atoms with Crippen LogP contribution in [0.25, 0.3) is 10.9 Å². The molecule has 3 N–H and O–H groups in total. The Hall–Kier alpha value is -1.48. The standard InChI is InChI=1S/C13H18N2O/c1-8-6-11-12(9(2)13(8)16-3)10(4-5-14)7-15-11/h6-7,15H,4-5,14H2,1-3H3. The molecule has 0 aliphatic heterocycles. The number of fused-ring (bicyclic) bond motifs is 1. The molecule has 1 heterocycles. The fourth-order valence-electron chi connectivity index (χ4n) is 2.40. The fraction of sp³-hybridized carbons (Fsp3) is 0.385.